The fraction of sp³-hybridized carbons (Fsp3) is 0.417. The summed E-state index contributed by atoms with van der Waals surface area (Å²) in [5.41, 5.74) is 6.76. The van der Waals surface area contributed by atoms with E-state index >= 15 is 0 Å². The Balaban J connectivity index is 1.56. The van der Waals surface area contributed by atoms with E-state index in [9.17, 15) is 4.39 Å². The second kappa shape index (κ2) is 8.46. The number of halogens is 1. The first kappa shape index (κ1) is 19.8. The molecule has 4 rings (SSSR count). The molecule has 0 amide bonds. The molecule has 3 heterocycles. The zero-order chi connectivity index (χ0) is 20.4. The van der Waals surface area contributed by atoms with Gasteiger partial charge in [0.1, 0.15) is 5.82 Å². The van der Waals surface area contributed by atoms with Crippen LogP contribution in [-0.4, -0.2) is 26.2 Å². The van der Waals surface area contributed by atoms with Crippen molar-refractivity contribution in [3.63, 3.8) is 0 Å². The number of rotatable bonds is 6. The Morgan fingerprint density at radius 3 is 2.76 bits per heavy atom. The SMILES string of the molecule is CCn1cc(CN2CCCC2c2cc(Cc3cccc(F)c3)cc(C)n2)c(C)n1. The van der Waals surface area contributed by atoms with Crippen LogP contribution < -0.4 is 0 Å². The molecule has 1 atom stereocenters. The molecule has 3 aromatic rings. The molecule has 0 bridgehead atoms. The van der Waals surface area contributed by atoms with Crippen LogP contribution in [0.15, 0.2) is 42.6 Å². The van der Waals surface area contributed by atoms with Gasteiger partial charge in [-0.05, 0) is 82.0 Å². The Bertz CT molecular complexity index is 994. The second-order valence-corrected chi connectivity index (χ2v) is 8.07. The molecule has 0 saturated carbocycles. The molecule has 1 aliphatic rings. The highest BCUT2D eigenvalue weighted by molar-refractivity contribution is 5.30. The van der Waals surface area contributed by atoms with Crippen LogP contribution in [-0.2, 0) is 19.5 Å². The number of aryl methyl sites for hydroxylation is 3. The van der Waals surface area contributed by atoms with E-state index in [2.05, 4.69) is 42.2 Å². The van der Waals surface area contributed by atoms with Gasteiger partial charge in [0.15, 0.2) is 0 Å². The number of likely N-dealkylation sites (tertiary alicyclic amines) is 1. The summed E-state index contributed by atoms with van der Waals surface area (Å²) < 4.78 is 15.6. The maximum Gasteiger partial charge on any atom is 0.123 e. The first-order valence-electron chi connectivity index (χ1n) is 10.5. The molecule has 1 fully saturated rings. The van der Waals surface area contributed by atoms with Gasteiger partial charge < -0.3 is 0 Å². The first-order valence-corrected chi connectivity index (χ1v) is 10.5. The average molecular weight is 393 g/mol. The maximum atomic E-state index is 13.6. The predicted octanol–water partition coefficient (Wildman–Crippen LogP) is 4.98. The molecule has 4 nitrogen and oxygen atoms in total. The van der Waals surface area contributed by atoms with Gasteiger partial charge in [-0.2, -0.15) is 5.10 Å². The van der Waals surface area contributed by atoms with Crippen molar-refractivity contribution < 1.29 is 4.39 Å². The minimum absolute atomic E-state index is 0.182. The number of hydrogen-bond donors (Lipinski definition) is 0. The molecule has 2 aromatic heterocycles. The normalized spacial score (nSPS) is 17.2. The van der Waals surface area contributed by atoms with E-state index in [0.717, 1.165) is 55.1 Å². The number of pyridine rings is 1. The highest BCUT2D eigenvalue weighted by Gasteiger charge is 2.28. The Morgan fingerprint density at radius 2 is 2.00 bits per heavy atom. The number of hydrogen-bond acceptors (Lipinski definition) is 3. The highest BCUT2D eigenvalue weighted by Crippen LogP contribution is 2.33. The van der Waals surface area contributed by atoms with Gasteiger partial charge in [-0.1, -0.05) is 12.1 Å². The fourth-order valence-corrected chi connectivity index (χ4v) is 4.37. The zero-order valence-corrected chi connectivity index (χ0v) is 17.5. The smallest absolute Gasteiger partial charge is 0.123 e. The summed E-state index contributed by atoms with van der Waals surface area (Å²) in [5, 5.41) is 4.59. The van der Waals surface area contributed by atoms with Gasteiger partial charge in [-0.25, -0.2) is 4.39 Å². The third-order valence-electron chi connectivity index (χ3n) is 5.78. The summed E-state index contributed by atoms with van der Waals surface area (Å²) in [6.07, 6.45) is 5.20. The molecule has 5 heteroatoms. The molecular weight excluding hydrogens is 363 g/mol. The van der Waals surface area contributed by atoms with Gasteiger partial charge in [-0.3, -0.25) is 14.6 Å². The van der Waals surface area contributed by atoms with Crippen LogP contribution in [0.25, 0.3) is 0 Å². The van der Waals surface area contributed by atoms with Crippen molar-refractivity contribution in [2.45, 2.75) is 59.2 Å². The van der Waals surface area contributed by atoms with Crippen LogP contribution in [0, 0.1) is 19.7 Å². The average Bonchev–Trinajstić information content (AvgIpc) is 3.28. The Morgan fingerprint density at radius 1 is 1.14 bits per heavy atom. The predicted molar refractivity (Wildman–Crippen MR) is 113 cm³/mol. The van der Waals surface area contributed by atoms with Gasteiger partial charge in [0.05, 0.1) is 17.4 Å². The van der Waals surface area contributed by atoms with Crippen LogP contribution >= 0.6 is 0 Å². The van der Waals surface area contributed by atoms with Crippen molar-refractivity contribution in [1.82, 2.24) is 19.7 Å². The molecule has 1 saturated heterocycles. The lowest BCUT2D eigenvalue weighted by Gasteiger charge is -2.24. The summed E-state index contributed by atoms with van der Waals surface area (Å²) in [6, 6.07) is 11.5. The third kappa shape index (κ3) is 4.56. The summed E-state index contributed by atoms with van der Waals surface area (Å²) in [6.45, 7) is 9.14. The van der Waals surface area contributed by atoms with Crippen LogP contribution in [0.5, 0.6) is 0 Å². The van der Waals surface area contributed by atoms with Crippen molar-refractivity contribution in [3.05, 3.63) is 82.2 Å². The van der Waals surface area contributed by atoms with E-state index in [-0.39, 0.29) is 5.82 Å². The van der Waals surface area contributed by atoms with Crippen molar-refractivity contribution in [3.8, 4) is 0 Å². The summed E-state index contributed by atoms with van der Waals surface area (Å²) in [7, 11) is 0. The lowest BCUT2D eigenvalue weighted by Crippen LogP contribution is -2.24. The maximum absolute atomic E-state index is 13.6. The minimum Gasteiger partial charge on any atom is -0.290 e. The number of aromatic nitrogens is 3. The monoisotopic (exact) mass is 392 g/mol. The molecular formula is C24H29FN4. The topological polar surface area (TPSA) is 34.0 Å². The number of benzene rings is 1. The molecule has 152 valence electrons. The van der Waals surface area contributed by atoms with Gasteiger partial charge in [0.2, 0.25) is 0 Å². The molecule has 0 N–H and O–H groups in total. The molecule has 1 unspecified atom stereocenters. The second-order valence-electron chi connectivity index (χ2n) is 8.07. The molecule has 0 aliphatic carbocycles. The summed E-state index contributed by atoms with van der Waals surface area (Å²) in [5.74, 6) is -0.182. The largest absolute Gasteiger partial charge is 0.290 e. The standard InChI is InChI=1S/C24H29FN4/c1-4-29-16-21(18(3)27-29)15-28-10-6-9-24(28)23-14-20(11-17(2)26-23)12-19-7-5-8-22(25)13-19/h5,7-8,11,13-14,16,24H,4,6,9-10,12,15H2,1-3H3. The van der Waals surface area contributed by atoms with Crippen molar-refractivity contribution in [2.24, 2.45) is 0 Å². The van der Waals surface area contributed by atoms with E-state index in [1.165, 1.54) is 23.6 Å². The molecule has 1 aliphatic heterocycles. The van der Waals surface area contributed by atoms with Crippen LogP contribution in [0.3, 0.4) is 0 Å². The van der Waals surface area contributed by atoms with Crippen molar-refractivity contribution in [1.29, 1.82) is 0 Å². The lowest BCUT2D eigenvalue weighted by molar-refractivity contribution is 0.243. The van der Waals surface area contributed by atoms with Crippen molar-refractivity contribution >= 4 is 0 Å². The third-order valence-corrected chi connectivity index (χ3v) is 5.78. The fourth-order valence-electron chi connectivity index (χ4n) is 4.37. The Hall–Kier alpha value is -2.53. The Kier molecular flexibility index (Phi) is 5.76. The molecule has 0 radical (unpaired) electrons. The molecule has 0 spiro atoms. The van der Waals surface area contributed by atoms with Gasteiger partial charge >= 0.3 is 0 Å². The molecule has 29 heavy (non-hydrogen) atoms. The van der Waals surface area contributed by atoms with Crippen LogP contribution in [0.2, 0.25) is 0 Å². The van der Waals surface area contributed by atoms with Gasteiger partial charge in [0.25, 0.3) is 0 Å². The quantitative estimate of drug-likeness (QED) is 0.593. The first-order chi connectivity index (χ1) is 14.0. The van der Waals surface area contributed by atoms with E-state index < -0.39 is 0 Å². The zero-order valence-electron chi connectivity index (χ0n) is 17.5. The van der Waals surface area contributed by atoms with E-state index in [0.29, 0.717) is 6.04 Å². The minimum atomic E-state index is -0.182. The van der Waals surface area contributed by atoms with E-state index in [1.807, 2.05) is 17.7 Å². The highest BCUT2D eigenvalue weighted by atomic mass is 19.1. The van der Waals surface area contributed by atoms with Crippen LogP contribution in [0.4, 0.5) is 4.39 Å². The van der Waals surface area contributed by atoms with Gasteiger partial charge in [-0.15, -0.1) is 0 Å². The lowest BCUT2D eigenvalue weighted by atomic mass is 10.0. The molecule has 1 aromatic carbocycles. The summed E-state index contributed by atoms with van der Waals surface area (Å²) in [4.78, 5) is 7.40. The van der Waals surface area contributed by atoms with E-state index in [4.69, 9.17) is 4.98 Å². The Labute approximate surface area is 172 Å². The van der Waals surface area contributed by atoms with Crippen molar-refractivity contribution in [2.75, 3.05) is 6.54 Å². The van der Waals surface area contributed by atoms with Gasteiger partial charge in [0, 0.05) is 30.5 Å². The summed E-state index contributed by atoms with van der Waals surface area (Å²) >= 11 is 0. The number of nitrogens with zero attached hydrogens (tertiary/aromatic N) is 4. The van der Waals surface area contributed by atoms with Crippen LogP contribution in [0.1, 0.15) is 59.6 Å². The van der Waals surface area contributed by atoms with E-state index in [1.54, 1.807) is 12.1 Å².